The zero-order valence-electron chi connectivity index (χ0n) is 11.4. The van der Waals surface area contributed by atoms with Crippen LogP contribution in [0.2, 0.25) is 0 Å². The minimum Gasteiger partial charge on any atom is -0.319 e. The largest absolute Gasteiger partial charge is 0.319 e. The van der Waals surface area contributed by atoms with Gasteiger partial charge >= 0.3 is 0 Å². The van der Waals surface area contributed by atoms with E-state index in [9.17, 15) is 12.8 Å². The van der Waals surface area contributed by atoms with Gasteiger partial charge in [-0.1, -0.05) is 12.1 Å². The van der Waals surface area contributed by atoms with Gasteiger partial charge in [0.1, 0.15) is 10.7 Å². The van der Waals surface area contributed by atoms with Gasteiger partial charge < -0.3 is 5.32 Å². The minimum absolute atomic E-state index is 0. The lowest BCUT2D eigenvalue weighted by molar-refractivity contribution is 0.263. The molecule has 0 saturated carbocycles. The second-order valence-electron chi connectivity index (χ2n) is 4.86. The highest BCUT2D eigenvalue weighted by atomic mass is 35.5. The van der Waals surface area contributed by atoms with Crippen LogP contribution in [0.1, 0.15) is 12.8 Å². The van der Waals surface area contributed by atoms with Gasteiger partial charge in [0.05, 0.1) is 0 Å². The van der Waals surface area contributed by atoms with E-state index in [-0.39, 0.29) is 17.3 Å². The Morgan fingerprint density at radius 1 is 1.40 bits per heavy atom. The summed E-state index contributed by atoms with van der Waals surface area (Å²) in [6.45, 7) is 1.71. The molecule has 1 aromatic carbocycles. The molecule has 114 valence electrons. The van der Waals surface area contributed by atoms with Crippen molar-refractivity contribution in [1.82, 2.24) is 9.62 Å². The van der Waals surface area contributed by atoms with Gasteiger partial charge in [0.25, 0.3) is 0 Å². The van der Waals surface area contributed by atoms with E-state index < -0.39 is 15.8 Å². The standard InChI is InChI=1S/C13H19FN2O2S.ClH/c1-15-9-11-5-4-8-16(10-11)19(17,18)13-7-3-2-6-12(13)14;/h2-3,6-7,11,15H,4-5,8-10H2,1H3;1H. The number of hydrogen-bond acceptors (Lipinski definition) is 3. The van der Waals surface area contributed by atoms with E-state index in [1.165, 1.54) is 22.5 Å². The summed E-state index contributed by atoms with van der Waals surface area (Å²) in [5.41, 5.74) is 0. The van der Waals surface area contributed by atoms with Crippen LogP contribution < -0.4 is 5.32 Å². The Hall–Kier alpha value is -0.690. The Kier molecular flexibility index (Phi) is 6.39. The maximum atomic E-state index is 13.7. The zero-order valence-corrected chi connectivity index (χ0v) is 13.0. The molecule has 20 heavy (non-hydrogen) atoms. The molecule has 1 N–H and O–H groups in total. The Morgan fingerprint density at radius 2 is 2.10 bits per heavy atom. The van der Waals surface area contributed by atoms with E-state index in [2.05, 4.69) is 5.32 Å². The molecule has 1 aliphatic heterocycles. The number of piperidine rings is 1. The Labute approximate surface area is 125 Å². The molecule has 1 aliphatic rings. The van der Waals surface area contributed by atoms with Crippen LogP contribution in [0.5, 0.6) is 0 Å². The van der Waals surface area contributed by atoms with Crippen LogP contribution >= 0.6 is 12.4 Å². The molecule has 1 atom stereocenters. The summed E-state index contributed by atoms with van der Waals surface area (Å²) in [5, 5.41) is 3.07. The summed E-state index contributed by atoms with van der Waals surface area (Å²) in [7, 11) is -1.86. The third-order valence-corrected chi connectivity index (χ3v) is 5.33. The Balaban J connectivity index is 0.00000200. The molecule has 0 aromatic heterocycles. The van der Waals surface area contributed by atoms with Gasteiger partial charge in [0, 0.05) is 13.1 Å². The monoisotopic (exact) mass is 322 g/mol. The van der Waals surface area contributed by atoms with Gasteiger partial charge in [-0.25, -0.2) is 12.8 Å². The van der Waals surface area contributed by atoms with E-state index in [1.807, 2.05) is 7.05 Å². The van der Waals surface area contributed by atoms with Gasteiger partial charge in [0.15, 0.2) is 0 Å². The fraction of sp³-hybridized carbons (Fsp3) is 0.538. The van der Waals surface area contributed by atoms with Crippen LogP contribution in [-0.4, -0.2) is 39.4 Å². The number of sulfonamides is 1. The van der Waals surface area contributed by atoms with Gasteiger partial charge in [-0.3, -0.25) is 0 Å². The molecule has 1 unspecified atom stereocenters. The first-order valence-electron chi connectivity index (χ1n) is 6.45. The summed E-state index contributed by atoms with van der Waals surface area (Å²) in [6.07, 6.45) is 1.82. The molecule has 7 heteroatoms. The molecular weight excluding hydrogens is 303 g/mol. The fourth-order valence-electron chi connectivity index (χ4n) is 2.49. The van der Waals surface area contributed by atoms with Crippen molar-refractivity contribution < 1.29 is 12.8 Å². The number of nitrogens with one attached hydrogen (secondary N) is 1. The molecule has 1 heterocycles. The van der Waals surface area contributed by atoms with Crippen LogP contribution in [0.25, 0.3) is 0 Å². The first kappa shape index (κ1) is 17.4. The first-order valence-corrected chi connectivity index (χ1v) is 7.89. The predicted molar refractivity (Wildman–Crippen MR) is 79.1 cm³/mol. The molecule has 0 spiro atoms. The van der Waals surface area contributed by atoms with E-state index in [4.69, 9.17) is 0 Å². The maximum Gasteiger partial charge on any atom is 0.245 e. The molecule has 2 rings (SSSR count). The highest BCUT2D eigenvalue weighted by Gasteiger charge is 2.31. The molecule has 4 nitrogen and oxygen atoms in total. The molecule has 0 aliphatic carbocycles. The molecular formula is C13H20ClFN2O2S. The minimum atomic E-state index is -3.71. The zero-order chi connectivity index (χ0) is 13.9. The van der Waals surface area contributed by atoms with Crippen molar-refractivity contribution >= 4 is 22.4 Å². The average molecular weight is 323 g/mol. The van der Waals surface area contributed by atoms with Crippen LogP contribution in [0.4, 0.5) is 4.39 Å². The topological polar surface area (TPSA) is 49.4 Å². The molecule has 0 radical (unpaired) electrons. The second kappa shape index (κ2) is 7.36. The van der Waals surface area contributed by atoms with E-state index in [0.29, 0.717) is 19.0 Å². The van der Waals surface area contributed by atoms with Crippen molar-refractivity contribution in [2.75, 3.05) is 26.7 Å². The van der Waals surface area contributed by atoms with Crippen molar-refractivity contribution in [2.45, 2.75) is 17.7 Å². The maximum absolute atomic E-state index is 13.7. The third kappa shape index (κ3) is 3.69. The van der Waals surface area contributed by atoms with Crippen molar-refractivity contribution in [2.24, 2.45) is 5.92 Å². The van der Waals surface area contributed by atoms with E-state index >= 15 is 0 Å². The van der Waals surface area contributed by atoms with Gasteiger partial charge in [-0.2, -0.15) is 4.31 Å². The number of benzene rings is 1. The quantitative estimate of drug-likeness (QED) is 0.920. The smallest absolute Gasteiger partial charge is 0.245 e. The number of nitrogens with zero attached hydrogens (tertiary/aromatic N) is 1. The normalized spacial score (nSPS) is 20.4. The summed E-state index contributed by atoms with van der Waals surface area (Å²) in [4.78, 5) is -0.222. The summed E-state index contributed by atoms with van der Waals surface area (Å²) in [5.74, 6) is -0.390. The lowest BCUT2D eigenvalue weighted by atomic mass is 10.00. The molecule has 1 aromatic rings. The van der Waals surface area contributed by atoms with Crippen LogP contribution in [0.3, 0.4) is 0 Å². The third-order valence-electron chi connectivity index (χ3n) is 3.43. The molecule has 1 fully saturated rings. The van der Waals surface area contributed by atoms with Crippen LogP contribution in [0, 0.1) is 11.7 Å². The second-order valence-corrected chi connectivity index (χ2v) is 6.77. The van der Waals surface area contributed by atoms with Crippen LogP contribution in [-0.2, 0) is 10.0 Å². The molecule has 0 bridgehead atoms. The van der Waals surface area contributed by atoms with Crippen molar-refractivity contribution in [3.8, 4) is 0 Å². The summed E-state index contributed by atoms with van der Waals surface area (Å²) < 4.78 is 39.9. The van der Waals surface area contributed by atoms with Gasteiger partial charge in [-0.15, -0.1) is 12.4 Å². The molecule has 1 saturated heterocycles. The number of hydrogen-bond donors (Lipinski definition) is 1. The Morgan fingerprint density at radius 3 is 2.75 bits per heavy atom. The fourth-order valence-corrected chi connectivity index (χ4v) is 4.11. The Bertz CT molecular complexity index is 537. The van der Waals surface area contributed by atoms with Gasteiger partial charge in [-0.05, 0) is 44.5 Å². The van der Waals surface area contributed by atoms with Crippen molar-refractivity contribution in [3.05, 3.63) is 30.1 Å². The number of halogens is 2. The number of rotatable bonds is 4. The highest BCUT2D eigenvalue weighted by molar-refractivity contribution is 7.89. The van der Waals surface area contributed by atoms with E-state index in [1.54, 1.807) is 6.07 Å². The highest BCUT2D eigenvalue weighted by Crippen LogP contribution is 2.24. The van der Waals surface area contributed by atoms with Crippen molar-refractivity contribution in [3.63, 3.8) is 0 Å². The lowest BCUT2D eigenvalue weighted by Gasteiger charge is -2.31. The first-order chi connectivity index (χ1) is 9.05. The summed E-state index contributed by atoms with van der Waals surface area (Å²) in [6, 6.07) is 5.55. The predicted octanol–water partition coefficient (Wildman–Crippen LogP) is 1.87. The van der Waals surface area contributed by atoms with Crippen LogP contribution in [0.15, 0.2) is 29.2 Å². The SMILES string of the molecule is CNCC1CCCN(S(=O)(=O)c2ccccc2F)C1.Cl. The van der Waals surface area contributed by atoms with Gasteiger partial charge in [0.2, 0.25) is 10.0 Å². The van der Waals surface area contributed by atoms with Crippen molar-refractivity contribution in [1.29, 1.82) is 0 Å². The lowest BCUT2D eigenvalue weighted by Crippen LogP contribution is -2.42. The molecule has 0 amide bonds. The average Bonchev–Trinajstić information content (AvgIpc) is 2.40. The summed E-state index contributed by atoms with van der Waals surface area (Å²) >= 11 is 0. The van der Waals surface area contributed by atoms with E-state index in [0.717, 1.165) is 19.4 Å².